The van der Waals surface area contributed by atoms with Gasteiger partial charge in [0.25, 0.3) is 0 Å². The van der Waals surface area contributed by atoms with Gasteiger partial charge in [0, 0.05) is 24.2 Å². The molecule has 2 aromatic heterocycles. The number of nitrogens with two attached hydrogens (primary N) is 1. The number of allylic oxidation sites excluding steroid dienone is 3. The van der Waals surface area contributed by atoms with Crippen molar-refractivity contribution in [1.29, 1.82) is 0 Å². The van der Waals surface area contributed by atoms with Crippen LogP contribution in [0.3, 0.4) is 0 Å². The Bertz CT molecular complexity index is 859. The summed E-state index contributed by atoms with van der Waals surface area (Å²) in [5.74, 6) is 1.49. The van der Waals surface area contributed by atoms with E-state index in [0.29, 0.717) is 11.7 Å². The van der Waals surface area contributed by atoms with E-state index in [1.165, 1.54) is 0 Å². The Morgan fingerprint density at radius 3 is 2.96 bits per heavy atom. The molecule has 2 aromatic rings. The molecule has 0 fully saturated rings. The van der Waals surface area contributed by atoms with Crippen molar-refractivity contribution in [3.05, 3.63) is 36.2 Å². The van der Waals surface area contributed by atoms with Crippen LogP contribution in [0.15, 0.2) is 40.6 Å². The maximum absolute atomic E-state index is 5.71. The first-order valence-corrected chi connectivity index (χ1v) is 7.24. The van der Waals surface area contributed by atoms with Gasteiger partial charge in [-0.25, -0.2) is 14.5 Å². The van der Waals surface area contributed by atoms with Crippen LogP contribution < -0.4 is 10.5 Å². The Kier molecular flexibility index (Phi) is 3.92. The molecule has 0 amide bonds. The summed E-state index contributed by atoms with van der Waals surface area (Å²) in [5, 5.41) is 4.19. The molecule has 1 aliphatic heterocycles. The maximum Gasteiger partial charge on any atom is 0.243 e. The second-order valence-corrected chi connectivity index (χ2v) is 5.26. The van der Waals surface area contributed by atoms with E-state index in [0.717, 1.165) is 16.7 Å². The number of methoxy groups -OCH3 is 1. The standard InChI is InChI=1S/C16H18N6O/c1-10-4-6-18-11(2)19-9-12(8-10)13-5-7-22-14(13)15(23-3)20-16(17)21-22/h4-10H,1-3H3,(H2,17,21)/b6-4-,12-8+,18-11?,19-9?/t10-/m0/s1. The smallest absolute Gasteiger partial charge is 0.243 e. The van der Waals surface area contributed by atoms with Gasteiger partial charge in [-0.15, -0.1) is 5.10 Å². The number of rotatable bonds is 2. The highest BCUT2D eigenvalue weighted by Crippen LogP contribution is 2.28. The van der Waals surface area contributed by atoms with Crippen LogP contribution in [0, 0.1) is 5.92 Å². The number of nitrogen functional groups attached to an aromatic ring is 1. The van der Waals surface area contributed by atoms with Gasteiger partial charge in [-0.3, -0.25) is 0 Å². The maximum atomic E-state index is 5.71. The van der Waals surface area contributed by atoms with Crippen LogP contribution in [-0.2, 0) is 0 Å². The normalized spacial score (nSPS) is 21.8. The highest BCUT2D eigenvalue weighted by Gasteiger charge is 2.15. The molecular formula is C16H18N6O. The number of aliphatic imine (C=N–C) groups is 2. The lowest BCUT2D eigenvalue weighted by atomic mass is 10.0. The lowest BCUT2D eigenvalue weighted by molar-refractivity contribution is 0.400. The number of fused-ring (bicyclic) bond motifs is 1. The monoisotopic (exact) mass is 310 g/mol. The predicted molar refractivity (Wildman–Crippen MR) is 91.8 cm³/mol. The van der Waals surface area contributed by atoms with Crippen molar-refractivity contribution in [2.24, 2.45) is 15.9 Å². The summed E-state index contributed by atoms with van der Waals surface area (Å²) in [6.07, 6.45) is 9.53. The van der Waals surface area contributed by atoms with Crippen molar-refractivity contribution in [3.63, 3.8) is 0 Å². The second-order valence-electron chi connectivity index (χ2n) is 5.26. The highest BCUT2D eigenvalue weighted by molar-refractivity contribution is 6.16. The molecule has 1 atom stereocenters. The van der Waals surface area contributed by atoms with Gasteiger partial charge in [-0.1, -0.05) is 19.1 Å². The molecule has 7 heteroatoms. The lowest BCUT2D eigenvalue weighted by Crippen LogP contribution is -2.04. The van der Waals surface area contributed by atoms with Crippen molar-refractivity contribution in [3.8, 4) is 5.88 Å². The summed E-state index contributed by atoms with van der Waals surface area (Å²) >= 11 is 0. The number of anilines is 1. The van der Waals surface area contributed by atoms with E-state index in [4.69, 9.17) is 10.5 Å². The summed E-state index contributed by atoms with van der Waals surface area (Å²) in [7, 11) is 1.56. The van der Waals surface area contributed by atoms with Gasteiger partial charge in [-0.2, -0.15) is 4.98 Å². The van der Waals surface area contributed by atoms with E-state index < -0.39 is 0 Å². The molecule has 0 saturated heterocycles. The van der Waals surface area contributed by atoms with Crippen molar-refractivity contribution < 1.29 is 4.74 Å². The molecule has 23 heavy (non-hydrogen) atoms. The largest absolute Gasteiger partial charge is 0.479 e. The van der Waals surface area contributed by atoms with Gasteiger partial charge >= 0.3 is 0 Å². The van der Waals surface area contributed by atoms with E-state index in [9.17, 15) is 0 Å². The summed E-state index contributed by atoms with van der Waals surface area (Å²) in [6, 6.07) is 1.95. The van der Waals surface area contributed by atoms with Gasteiger partial charge in [-0.05, 0) is 24.5 Å². The van der Waals surface area contributed by atoms with E-state index in [2.05, 4.69) is 33.1 Å². The van der Waals surface area contributed by atoms with Crippen LogP contribution in [0.25, 0.3) is 11.1 Å². The summed E-state index contributed by atoms with van der Waals surface area (Å²) < 4.78 is 7.03. The third-order valence-corrected chi connectivity index (χ3v) is 3.48. The molecule has 0 bridgehead atoms. The number of amidine groups is 1. The zero-order chi connectivity index (χ0) is 16.4. The summed E-state index contributed by atoms with van der Waals surface area (Å²) in [4.78, 5) is 12.8. The molecule has 0 spiro atoms. The Morgan fingerprint density at radius 2 is 2.17 bits per heavy atom. The van der Waals surface area contributed by atoms with Crippen LogP contribution in [0.2, 0.25) is 0 Å². The molecule has 7 nitrogen and oxygen atoms in total. The molecule has 0 unspecified atom stereocenters. The van der Waals surface area contributed by atoms with E-state index in [-0.39, 0.29) is 11.9 Å². The average Bonchev–Trinajstić information content (AvgIpc) is 2.95. The number of hydrogen-bond donors (Lipinski definition) is 1. The molecule has 3 heterocycles. The first-order valence-electron chi connectivity index (χ1n) is 7.24. The first-order chi connectivity index (χ1) is 11.1. The average molecular weight is 310 g/mol. The first kappa shape index (κ1) is 15.0. The van der Waals surface area contributed by atoms with Crippen molar-refractivity contribution in [1.82, 2.24) is 14.6 Å². The molecule has 0 radical (unpaired) electrons. The van der Waals surface area contributed by atoms with Gasteiger partial charge in [0.1, 0.15) is 11.4 Å². The fraction of sp³-hybridized carbons (Fsp3) is 0.250. The SMILES string of the molecule is COc1nc(N)nn2ccc(/C3=C/[C@@H](C)/C=C\N=C(C)N=C3)c12. The lowest BCUT2D eigenvalue weighted by Gasteiger charge is -2.07. The molecule has 0 aliphatic carbocycles. The third kappa shape index (κ3) is 2.98. The van der Waals surface area contributed by atoms with Crippen LogP contribution in [0.4, 0.5) is 5.95 Å². The van der Waals surface area contributed by atoms with Crippen LogP contribution >= 0.6 is 0 Å². The number of ether oxygens (including phenoxy) is 1. The van der Waals surface area contributed by atoms with Crippen molar-refractivity contribution in [2.45, 2.75) is 13.8 Å². The minimum Gasteiger partial charge on any atom is -0.479 e. The third-order valence-electron chi connectivity index (χ3n) is 3.48. The summed E-state index contributed by atoms with van der Waals surface area (Å²) in [6.45, 7) is 3.95. The minimum atomic E-state index is 0.160. The van der Waals surface area contributed by atoms with Crippen LogP contribution in [-0.4, -0.2) is 33.8 Å². The topological polar surface area (TPSA) is 90.2 Å². The van der Waals surface area contributed by atoms with Gasteiger partial charge < -0.3 is 10.5 Å². The van der Waals surface area contributed by atoms with E-state index in [1.807, 2.05) is 25.3 Å². The zero-order valence-electron chi connectivity index (χ0n) is 13.3. The van der Waals surface area contributed by atoms with Crippen LogP contribution in [0.5, 0.6) is 5.88 Å². The number of nitrogens with zero attached hydrogens (tertiary/aromatic N) is 5. The fourth-order valence-corrected chi connectivity index (χ4v) is 2.41. The number of aromatic nitrogens is 3. The van der Waals surface area contributed by atoms with Gasteiger partial charge in [0.15, 0.2) is 0 Å². The molecule has 0 aromatic carbocycles. The summed E-state index contributed by atoms with van der Waals surface area (Å²) in [5.41, 5.74) is 8.34. The predicted octanol–water partition coefficient (Wildman–Crippen LogP) is 2.36. The molecule has 0 saturated carbocycles. The number of hydrogen-bond acceptors (Lipinski definition) is 6. The fourth-order valence-electron chi connectivity index (χ4n) is 2.41. The van der Waals surface area contributed by atoms with Gasteiger partial charge in [0.05, 0.1) is 7.11 Å². The Balaban J connectivity index is 2.21. The quantitative estimate of drug-likeness (QED) is 0.922. The second kappa shape index (κ2) is 6.04. The minimum absolute atomic E-state index is 0.160. The molecule has 1 aliphatic rings. The Labute approximate surface area is 133 Å². The molecule has 3 rings (SSSR count). The van der Waals surface area contributed by atoms with Crippen LogP contribution in [0.1, 0.15) is 19.4 Å². The van der Waals surface area contributed by atoms with E-state index >= 15 is 0 Å². The molecule has 118 valence electrons. The Hall–Kier alpha value is -2.96. The molecular weight excluding hydrogens is 292 g/mol. The zero-order valence-corrected chi connectivity index (χ0v) is 13.3. The van der Waals surface area contributed by atoms with Gasteiger partial charge in [0.2, 0.25) is 11.8 Å². The Morgan fingerprint density at radius 1 is 1.35 bits per heavy atom. The van der Waals surface area contributed by atoms with E-state index in [1.54, 1.807) is 24.0 Å². The van der Waals surface area contributed by atoms with Crippen molar-refractivity contribution >= 4 is 29.1 Å². The highest BCUT2D eigenvalue weighted by atomic mass is 16.5. The molecule has 2 N–H and O–H groups in total. The van der Waals surface area contributed by atoms with Crippen molar-refractivity contribution in [2.75, 3.05) is 12.8 Å².